The third-order valence-corrected chi connectivity index (χ3v) is 7.26. The summed E-state index contributed by atoms with van der Waals surface area (Å²) in [5.74, 6) is -0.104. The molecule has 0 rings (SSSR count). The van der Waals surface area contributed by atoms with Crippen LogP contribution >= 0.6 is 0 Å². The van der Waals surface area contributed by atoms with Crippen molar-refractivity contribution >= 4 is 5.91 Å². The van der Waals surface area contributed by atoms with Gasteiger partial charge in [0.15, 0.2) is 0 Å². The third kappa shape index (κ3) is 32.4. The second kappa shape index (κ2) is 36.5. The molecule has 46 heavy (non-hydrogen) atoms. The van der Waals surface area contributed by atoms with Crippen LogP contribution in [-0.4, -0.2) is 34.9 Å². The number of rotatable bonds is 30. The Morgan fingerprint density at radius 3 is 1.41 bits per heavy atom. The number of amides is 1. The van der Waals surface area contributed by atoms with Gasteiger partial charge in [0.05, 0.1) is 18.8 Å². The molecule has 2 atom stereocenters. The minimum Gasteiger partial charge on any atom is -0.394 e. The van der Waals surface area contributed by atoms with E-state index in [2.05, 4.69) is 116 Å². The molecule has 0 bridgehead atoms. The Morgan fingerprint density at radius 2 is 0.957 bits per heavy atom. The summed E-state index contributed by atoms with van der Waals surface area (Å²) in [4.78, 5) is 12.2. The fraction of sp³-hybridized carbons (Fsp3) is 0.548. The third-order valence-electron chi connectivity index (χ3n) is 7.26. The monoisotopic (exact) mass is 634 g/mol. The maximum absolute atomic E-state index is 12.2. The number of aliphatic hydroxyl groups excluding tert-OH is 2. The number of nitrogens with one attached hydrogen (secondary N) is 1. The summed E-state index contributed by atoms with van der Waals surface area (Å²) >= 11 is 0. The van der Waals surface area contributed by atoms with E-state index in [0.717, 1.165) is 103 Å². The number of carbonyl (C=O) groups excluding carboxylic acids is 1. The second-order valence-electron chi connectivity index (χ2n) is 11.6. The van der Waals surface area contributed by atoms with Crippen molar-refractivity contribution in [3.8, 4) is 0 Å². The zero-order valence-electron chi connectivity index (χ0n) is 29.3. The molecule has 0 aromatic heterocycles. The van der Waals surface area contributed by atoms with Gasteiger partial charge in [0.25, 0.3) is 0 Å². The predicted molar refractivity (Wildman–Crippen MR) is 202 cm³/mol. The Kier molecular flexibility index (Phi) is 34.2. The van der Waals surface area contributed by atoms with E-state index in [1.807, 2.05) is 6.08 Å². The molecule has 0 aromatic carbocycles. The van der Waals surface area contributed by atoms with Crippen molar-refractivity contribution in [2.24, 2.45) is 0 Å². The summed E-state index contributed by atoms with van der Waals surface area (Å²) in [5, 5.41) is 22.5. The summed E-state index contributed by atoms with van der Waals surface area (Å²) in [7, 11) is 0. The second-order valence-corrected chi connectivity index (χ2v) is 11.6. The van der Waals surface area contributed by atoms with Gasteiger partial charge in [-0.25, -0.2) is 0 Å². The lowest BCUT2D eigenvalue weighted by atomic mass is 10.1. The minimum absolute atomic E-state index is 0.104. The average molecular weight is 634 g/mol. The average Bonchev–Trinajstić information content (AvgIpc) is 3.06. The molecule has 0 aliphatic rings. The fourth-order valence-corrected chi connectivity index (χ4v) is 4.48. The molecule has 0 fully saturated rings. The molecule has 0 aliphatic carbocycles. The molecule has 258 valence electrons. The van der Waals surface area contributed by atoms with Crippen molar-refractivity contribution in [3.63, 3.8) is 0 Å². The highest BCUT2D eigenvalue weighted by Crippen LogP contribution is 2.08. The standard InChI is InChI=1S/C42H67NO3/c1-3-5-7-9-10-11-12-13-14-15-16-17-18-19-20-21-22-23-24-25-26-27-28-29-30-31-32-34-36-38-42(46)43-40(39-44)41(45)37-35-33-8-6-4-2/h5,7,10-11,13-14,16-17,19-20,22-23,25-26,28-29,35,37,40-41,44-45H,3-4,6,8-9,12,15,18,21,24,27,30-34,36,38-39H2,1-2H3,(H,43,46)/b7-5-,11-10-,14-13-,17-16-,20-19-,23-22-,26-25-,29-28-,37-35+. The van der Waals surface area contributed by atoms with Gasteiger partial charge in [-0.2, -0.15) is 0 Å². The highest BCUT2D eigenvalue weighted by Gasteiger charge is 2.17. The van der Waals surface area contributed by atoms with Crippen molar-refractivity contribution in [2.75, 3.05) is 6.61 Å². The maximum atomic E-state index is 12.2. The highest BCUT2D eigenvalue weighted by atomic mass is 16.3. The van der Waals surface area contributed by atoms with Crippen LogP contribution in [0, 0.1) is 0 Å². The number of hydrogen-bond donors (Lipinski definition) is 3. The van der Waals surface area contributed by atoms with Gasteiger partial charge in [-0.3, -0.25) is 4.79 Å². The summed E-state index contributed by atoms with van der Waals surface area (Å²) in [6.07, 6.45) is 56.3. The van der Waals surface area contributed by atoms with Gasteiger partial charge < -0.3 is 15.5 Å². The molecule has 4 heteroatoms. The van der Waals surface area contributed by atoms with E-state index in [1.54, 1.807) is 6.08 Å². The summed E-state index contributed by atoms with van der Waals surface area (Å²) < 4.78 is 0. The highest BCUT2D eigenvalue weighted by molar-refractivity contribution is 5.76. The largest absolute Gasteiger partial charge is 0.394 e. The zero-order valence-corrected chi connectivity index (χ0v) is 29.3. The molecular formula is C42H67NO3. The van der Waals surface area contributed by atoms with E-state index in [4.69, 9.17) is 0 Å². The van der Waals surface area contributed by atoms with Crippen LogP contribution in [0.1, 0.15) is 129 Å². The van der Waals surface area contributed by atoms with Crippen LogP contribution in [0.5, 0.6) is 0 Å². The lowest BCUT2D eigenvalue weighted by Crippen LogP contribution is -2.45. The predicted octanol–water partition coefficient (Wildman–Crippen LogP) is 10.9. The molecule has 0 aliphatic heterocycles. The van der Waals surface area contributed by atoms with Crippen LogP contribution in [0.25, 0.3) is 0 Å². The van der Waals surface area contributed by atoms with Crippen LogP contribution in [0.15, 0.2) is 109 Å². The normalized spacial score (nSPS) is 14.4. The topological polar surface area (TPSA) is 69.6 Å². The molecule has 0 aromatic rings. The Hall–Kier alpha value is -2.95. The fourth-order valence-electron chi connectivity index (χ4n) is 4.48. The van der Waals surface area contributed by atoms with Crippen molar-refractivity contribution in [1.29, 1.82) is 0 Å². The van der Waals surface area contributed by atoms with Crippen molar-refractivity contribution in [1.82, 2.24) is 5.32 Å². The van der Waals surface area contributed by atoms with Crippen LogP contribution in [0.2, 0.25) is 0 Å². The Labute approximate surface area is 283 Å². The van der Waals surface area contributed by atoms with Gasteiger partial charge in [-0.05, 0) is 83.5 Å². The number of carbonyl (C=O) groups is 1. The Bertz CT molecular complexity index is 948. The molecule has 1 amide bonds. The number of unbranched alkanes of at least 4 members (excludes halogenated alkanes) is 7. The molecule has 0 saturated carbocycles. The van der Waals surface area contributed by atoms with Crippen molar-refractivity contribution < 1.29 is 15.0 Å². The van der Waals surface area contributed by atoms with Crippen LogP contribution in [0.4, 0.5) is 0 Å². The molecule has 0 spiro atoms. The number of allylic oxidation sites excluding steroid dienone is 17. The molecule has 2 unspecified atom stereocenters. The van der Waals surface area contributed by atoms with E-state index in [9.17, 15) is 15.0 Å². The van der Waals surface area contributed by atoms with E-state index < -0.39 is 12.1 Å². The molecule has 0 saturated heterocycles. The van der Waals surface area contributed by atoms with Gasteiger partial charge in [0, 0.05) is 6.42 Å². The molecule has 0 heterocycles. The smallest absolute Gasteiger partial charge is 0.220 e. The molecule has 0 radical (unpaired) electrons. The van der Waals surface area contributed by atoms with Crippen LogP contribution in [-0.2, 0) is 4.79 Å². The first-order chi connectivity index (χ1) is 22.7. The minimum atomic E-state index is -0.853. The summed E-state index contributed by atoms with van der Waals surface area (Å²) in [6, 6.07) is -0.639. The quantitative estimate of drug-likeness (QED) is 0.0544. The summed E-state index contributed by atoms with van der Waals surface area (Å²) in [5.41, 5.74) is 0. The maximum Gasteiger partial charge on any atom is 0.220 e. The first-order valence-corrected chi connectivity index (χ1v) is 18.1. The first kappa shape index (κ1) is 43.0. The zero-order chi connectivity index (χ0) is 33.6. The van der Waals surface area contributed by atoms with Gasteiger partial charge >= 0.3 is 0 Å². The van der Waals surface area contributed by atoms with Gasteiger partial charge in [-0.15, -0.1) is 0 Å². The first-order valence-electron chi connectivity index (χ1n) is 18.1. The van der Waals surface area contributed by atoms with Gasteiger partial charge in [0.2, 0.25) is 5.91 Å². The van der Waals surface area contributed by atoms with Gasteiger partial charge in [-0.1, -0.05) is 149 Å². The van der Waals surface area contributed by atoms with E-state index in [-0.39, 0.29) is 12.5 Å². The van der Waals surface area contributed by atoms with Gasteiger partial charge in [0.1, 0.15) is 0 Å². The SMILES string of the molecule is CC/C=C\C/C=C\C/C=C\C/C=C\C/C=C\C/C=C\C/C=C\C/C=C\CCCCCCC(=O)NC(CO)C(O)/C=C/CCCCC. The van der Waals surface area contributed by atoms with Crippen LogP contribution in [0.3, 0.4) is 0 Å². The molecule has 4 nitrogen and oxygen atoms in total. The lowest BCUT2D eigenvalue weighted by Gasteiger charge is -2.19. The number of aliphatic hydroxyl groups is 2. The Morgan fingerprint density at radius 1 is 0.543 bits per heavy atom. The van der Waals surface area contributed by atoms with E-state index >= 15 is 0 Å². The molecular weight excluding hydrogens is 566 g/mol. The van der Waals surface area contributed by atoms with E-state index in [1.165, 1.54) is 6.42 Å². The van der Waals surface area contributed by atoms with Crippen molar-refractivity contribution in [3.05, 3.63) is 109 Å². The summed E-state index contributed by atoms with van der Waals surface area (Å²) in [6.45, 7) is 4.05. The lowest BCUT2D eigenvalue weighted by molar-refractivity contribution is -0.123. The Balaban J connectivity index is 3.71. The van der Waals surface area contributed by atoms with E-state index in [0.29, 0.717) is 6.42 Å². The van der Waals surface area contributed by atoms with Crippen LogP contribution < -0.4 is 5.32 Å². The number of hydrogen-bond acceptors (Lipinski definition) is 3. The molecule has 3 N–H and O–H groups in total. The van der Waals surface area contributed by atoms with Crippen molar-refractivity contribution in [2.45, 2.75) is 142 Å².